The van der Waals surface area contributed by atoms with E-state index in [-0.39, 0.29) is 0 Å². The van der Waals surface area contributed by atoms with Crippen molar-refractivity contribution in [1.82, 2.24) is 14.9 Å². The predicted octanol–water partition coefficient (Wildman–Crippen LogP) is 4.53. The van der Waals surface area contributed by atoms with Gasteiger partial charge in [0.05, 0.1) is 5.69 Å². The van der Waals surface area contributed by atoms with Gasteiger partial charge in [-0.15, -0.1) is 0 Å². The molecule has 0 aliphatic rings. The molecule has 0 fully saturated rings. The summed E-state index contributed by atoms with van der Waals surface area (Å²) in [4.78, 5) is 14.1. The molecule has 152 valence electrons. The van der Waals surface area contributed by atoms with Crippen LogP contribution < -0.4 is 10.2 Å². The van der Waals surface area contributed by atoms with Crippen LogP contribution >= 0.6 is 0 Å². The molecule has 0 atom stereocenters. The van der Waals surface area contributed by atoms with Gasteiger partial charge in [-0.05, 0) is 39.5 Å². The summed E-state index contributed by atoms with van der Waals surface area (Å²) in [6, 6.07) is 22.9. The molecule has 5 heteroatoms. The predicted molar refractivity (Wildman–Crippen MR) is 122 cm³/mol. The van der Waals surface area contributed by atoms with E-state index in [1.165, 1.54) is 5.56 Å². The molecule has 0 radical (unpaired) electrons. The van der Waals surface area contributed by atoms with Crippen molar-refractivity contribution in [3.8, 4) is 11.3 Å². The maximum absolute atomic E-state index is 4.83. The Bertz CT molecular complexity index is 865. The van der Waals surface area contributed by atoms with Gasteiger partial charge in [0.1, 0.15) is 5.82 Å². The van der Waals surface area contributed by atoms with E-state index in [1.807, 2.05) is 24.3 Å². The lowest BCUT2D eigenvalue weighted by molar-refractivity contribution is 0.405. The van der Waals surface area contributed by atoms with Crippen LogP contribution in [-0.2, 0) is 6.54 Å². The second kappa shape index (κ2) is 10.6. The van der Waals surface area contributed by atoms with Gasteiger partial charge in [-0.25, -0.2) is 4.98 Å². The minimum absolute atomic E-state index is 0.687. The zero-order valence-electron chi connectivity index (χ0n) is 17.7. The van der Waals surface area contributed by atoms with E-state index in [9.17, 15) is 0 Å². The summed E-state index contributed by atoms with van der Waals surface area (Å²) in [6.45, 7) is 5.74. The smallest absolute Gasteiger partial charge is 0.225 e. The fourth-order valence-electron chi connectivity index (χ4n) is 3.19. The van der Waals surface area contributed by atoms with E-state index in [0.29, 0.717) is 5.95 Å². The Morgan fingerprint density at radius 3 is 2.24 bits per heavy atom. The maximum atomic E-state index is 4.83. The molecule has 0 saturated heterocycles. The number of hydrogen-bond acceptors (Lipinski definition) is 5. The first-order valence-corrected chi connectivity index (χ1v) is 10.3. The van der Waals surface area contributed by atoms with Gasteiger partial charge in [0, 0.05) is 31.3 Å². The molecule has 3 aromatic rings. The Morgan fingerprint density at radius 1 is 0.897 bits per heavy atom. The third kappa shape index (κ3) is 6.29. The molecule has 1 heterocycles. The number of anilines is 2. The largest absolute Gasteiger partial charge is 0.354 e. The van der Waals surface area contributed by atoms with Crippen molar-refractivity contribution in [3.05, 3.63) is 72.3 Å². The lowest BCUT2D eigenvalue weighted by atomic mass is 10.1. The molecule has 0 aliphatic heterocycles. The Hall–Kier alpha value is -2.92. The van der Waals surface area contributed by atoms with E-state index in [0.717, 1.165) is 49.7 Å². The van der Waals surface area contributed by atoms with Crippen molar-refractivity contribution in [2.45, 2.75) is 19.9 Å². The number of benzene rings is 2. The van der Waals surface area contributed by atoms with Crippen molar-refractivity contribution in [1.29, 1.82) is 0 Å². The van der Waals surface area contributed by atoms with Crippen molar-refractivity contribution >= 4 is 11.8 Å². The zero-order valence-corrected chi connectivity index (χ0v) is 17.7. The molecule has 0 aliphatic carbocycles. The van der Waals surface area contributed by atoms with Crippen LogP contribution in [0, 0.1) is 0 Å². The number of nitrogens with zero attached hydrogens (tertiary/aromatic N) is 4. The number of rotatable bonds is 10. The standard InChI is InChI=1S/C24H31N5/c1-4-29(19-20-12-7-5-8-13-20)23-18-22(21-14-9-6-10-15-21)26-24(27-23)25-16-11-17-28(2)3/h5-10,12-15,18H,4,11,16-17,19H2,1-3H3,(H,25,26,27). The minimum Gasteiger partial charge on any atom is -0.354 e. The third-order valence-corrected chi connectivity index (χ3v) is 4.77. The molecular formula is C24H31N5. The molecular weight excluding hydrogens is 358 g/mol. The van der Waals surface area contributed by atoms with Gasteiger partial charge in [0.25, 0.3) is 0 Å². The molecule has 5 nitrogen and oxygen atoms in total. The normalized spacial score (nSPS) is 10.9. The molecule has 0 amide bonds. The van der Waals surface area contributed by atoms with Gasteiger partial charge in [-0.1, -0.05) is 60.7 Å². The molecule has 0 bridgehead atoms. The highest BCUT2D eigenvalue weighted by atomic mass is 15.2. The fourth-order valence-corrected chi connectivity index (χ4v) is 3.19. The SMILES string of the molecule is CCN(Cc1ccccc1)c1cc(-c2ccccc2)nc(NCCCN(C)C)n1. The summed E-state index contributed by atoms with van der Waals surface area (Å²) < 4.78 is 0. The molecule has 29 heavy (non-hydrogen) atoms. The van der Waals surface area contributed by atoms with Crippen LogP contribution in [0.15, 0.2) is 66.7 Å². The molecule has 1 N–H and O–H groups in total. The fraction of sp³-hybridized carbons (Fsp3) is 0.333. The highest BCUT2D eigenvalue weighted by molar-refractivity contribution is 5.64. The van der Waals surface area contributed by atoms with Gasteiger partial charge >= 0.3 is 0 Å². The van der Waals surface area contributed by atoms with Crippen molar-refractivity contribution in [2.75, 3.05) is 43.9 Å². The van der Waals surface area contributed by atoms with Gasteiger partial charge < -0.3 is 15.1 Å². The Kier molecular flexibility index (Phi) is 7.59. The van der Waals surface area contributed by atoms with Crippen molar-refractivity contribution in [3.63, 3.8) is 0 Å². The summed E-state index contributed by atoms with van der Waals surface area (Å²) in [6.07, 6.45) is 1.04. The highest BCUT2D eigenvalue weighted by Gasteiger charge is 2.12. The minimum atomic E-state index is 0.687. The summed E-state index contributed by atoms with van der Waals surface area (Å²) >= 11 is 0. The average molecular weight is 390 g/mol. The highest BCUT2D eigenvalue weighted by Crippen LogP contribution is 2.24. The van der Waals surface area contributed by atoms with Crippen LogP contribution in [-0.4, -0.2) is 48.6 Å². The third-order valence-electron chi connectivity index (χ3n) is 4.77. The quantitative estimate of drug-likeness (QED) is 0.516. The topological polar surface area (TPSA) is 44.3 Å². The summed E-state index contributed by atoms with van der Waals surface area (Å²) in [7, 11) is 4.18. The lowest BCUT2D eigenvalue weighted by Crippen LogP contribution is -2.24. The van der Waals surface area contributed by atoms with E-state index < -0.39 is 0 Å². The van der Waals surface area contributed by atoms with Crippen LogP contribution in [0.3, 0.4) is 0 Å². The Labute approximate surface area is 174 Å². The number of hydrogen-bond donors (Lipinski definition) is 1. The zero-order chi connectivity index (χ0) is 20.5. The number of aromatic nitrogens is 2. The van der Waals surface area contributed by atoms with Gasteiger partial charge in [0.2, 0.25) is 5.95 Å². The molecule has 0 spiro atoms. The van der Waals surface area contributed by atoms with E-state index in [4.69, 9.17) is 9.97 Å². The molecule has 1 aromatic heterocycles. The van der Waals surface area contributed by atoms with Gasteiger partial charge in [-0.3, -0.25) is 0 Å². The van der Waals surface area contributed by atoms with Crippen molar-refractivity contribution in [2.24, 2.45) is 0 Å². The summed E-state index contributed by atoms with van der Waals surface area (Å²) in [5.74, 6) is 1.63. The van der Waals surface area contributed by atoms with Crippen LogP contribution in [0.1, 0.15) is 18.9 Å². The van der Waals surface area contributed by atoms with Gasteiger partial charge in [0.15, 0.2) is 0 Å². The van der Waals surface area contributed by atoms with E-state index >= 15 is 0 Å². The lowest BCUT2D eigenvalue weighted by Gasteiger charge is -2.23. The van der Waals surface area contributed by atoms with E-state index in [1.54, 1.807) is 0 Å². The first-order chi connectivity index (χ1) is 14.2. The molecule has 0 unspecified atom stereocenters. The molecule has 0 saturated carbocycles. The van der Waals surface area contributed by atoms with Crippen LogP contribution in [0.4, 0.5) is 11.8 Å². The first-order valence-electron chi connectivity index (χ1n) is 10.3. The summed E-state index contributed by atoms with van der Waals surface area (Å²) in [5, 5.41) is 3.42. The Morgan fingerprint density at radius 2 is 1.59 bits per heavy atom. The van der Waals surface area contributed by atoms with Crippen LogP contribution in [0.5, 0.6) is 0 Å². The van der Waals surface area contributed by atoms with E-state index in [2.05, 4.69) is 78.6 Å². The maximum Gasteiger partial charge on any atom is 0.225 e. The Balaban J connectivity index is 1.86. The average Bonchev–Trinajstić information content (AvgIpc) is 2.76. The molecule has 3 rings (SSSR count). The van der Waals surface area contributed by atoms with Gasteiger partial charge in [-0.2, -0.15) is 4.98 Å². The monoisotopic (exact) mass is 389 g/mol. The van der Waals surface area contributed by atoms with Crippen LogP contribution in [0.25, 0.3) is 11.3 Å². The number of nitrogens with one attached hydrogen (secondary N) is 1. The summed E-state index contributed by atoms with van der Waals surface area (Å²) in [5.41, 5.74) is 3.31. The molecule has 2 aromatic carbocycles. The van der Waals surface area contributed by atoms with Crippen LogP contribution in [0.2, 0.25) is 0 Å². The van der Waals surface area contributed by atoms with Crippen molar-refractivity contribution < 1.29 is 0 Å². The second-order valence-electron chi connectivity index (χ2n) is 7.38. The first kappa shape index (κ1) is 20.8. The second-order valence-corrected chi connectivity index (χ2v) is 7.38.